The SMILES string of the molecule is COc1cccc2c1c(NS(=O)(=O)c1cccc(Cl)c1Cl)nn2Cc1cccc(CNC(=O)C2(C)CCCN2C(=O)OC(C)(C)C)c1. The van der Waals surface area contributed by atoms with Crippen molar-refractivity contribution in [1.29, 1.82) is 0 Å². The number of nitrogens with one attached hydrogen (secondary N) is 2. The number of rotatable bonds is 9. The largest absolute Gasteiger partial charge is 0.496 e. The van der Waals surface area contributed by atoms with Crippen LogP contribution in [0.4, 0.5) is 10.6 Å². The summed E-state index contributed by atoms with van der Waals surface area (Å²) in [5.41, 5.74) is 0.642. The number of methoxy groups -OCH3 is 1. The van der Waals surface area contributed by atoms with Gasteiger partial charge < -0.3 is 14.8 Å². The highest BCUT2D eigenvalue weighted by atomic mass is 35.5. The lowest BCUT2D eigenvalue weighted by atomic mass is 9.97. The van der Waals surface area contributed by atoms with Crippen LogP contribution in [0.1, 0.15) is 51.7 Å². The zero-order valence-corrected chi connectivity index (χ0v) is 29.1. The number of anilines is 1. The lowest BCUT2D eigenvalue weighted by Gasteiger charge is -2.35. The smallest absolute Gasteiger partial charge is 0.411 e. The third-order valence-electron chi connectivity index (χ3n) is 7.92. The first kappa shape index (κ1) is 34.3. The van der Waals surface area contributed by atoms with E-state index in [1.807, 2.05) is 30.3 Å². The second-order valence-electron chi connectivity index (χ2n) is 12.5. The lowest BCUT2D eigenvalue weighted by Crippen LogP contribution is -2.56. The van der Waals surface area contributed by atoms with E-state index in [0.717, 1.165) is 11.1 Å². The normalized spacial score (nSPS) is 16.7. The monoisotopic (exact) mass is 701 g/mol. The fourth-order valence-corrected chi connectivity index (χ4v) is 7.40. The fraction of sp³-hybridized carbons (Fsp3) is 0.364. The molecule has 1 aromatic heterocycles. The first-order chi connectivity index (χ1) is 22.1. The molecule has 0 spiro atoms. The number of likely N-dealkylation sites (tertiary alicyclic amines) is 1. The molecule has 1 aliphatic heterocycles. The molecule has 14 heteroatoms. The second-order valence-corrected chi connectivity index (χ2v) is 15.0. The molecule has 2 N–H and O–H groups in total. The number of benzene rings is 3. The highest BCUT2D eigenvalue weighted by Gasteiger charge is 2.47. The van der Waals surface area contributed by atoms with E-state index in [0.29, 0.717) is 36.0 Å². The number of aromatic nitrogens is 2. The molecule has 1 fully saturated rings. The summed E-state index contributed by atoms with van der Waals surface area (Å²) in [6, 6.07) is 17.3. The highest BCUT2D eigenvalue weighted by Crippen LogP contribution is 2.36. The average Bonchev–Trinajstić information content (AvgIpc) is 3.57. The number of carbonyl (C=O) groups is 2. The van der Waals surface area contributed by atoms with Crippen molar-refractivity contribution in [1.82, 2.24) is 20.0 Å². The topological polar surface area (TPSA) is 132 Å². The van der Waals surface area contributed by atoms with Gasteiger partial charge in [0, 0.05) is 13.1 Å². The van der Waals surface area contributed by atoms with Crippen LogP contribution >= 0.6 is 23.2 Å². The first-order valence-corrected chi connectivity index (χ1v) is 17.2. The van der Waals surface area contributed by atoms with E-state index < -0.39 is 27.3 Å². The predicted molar refractivity (Wildman–Crippen MR) is 182 cm³/mol. The van der Waals surface area contributed by atoms with Gasteiger partial charge in [0.15, 0.2) is 5.82 Å². The van der Waals surface area contributed by atoms with Gasteiger partial charge in [0.1, 0.15) is 21.8 Å². The van der Waals surface area contributed by atoms with Gasteiger partial charge in [-0.15, -0.1) is 0 Å². The third-order valence-corrected chi connectivity index (χ3v) is 10.2. The summed E-state index contributed by atoms with van der Waals surface area (Å²) in [5.74, 6) is 0.241. The van der Waals surface area contributed by atoms with Gasteiger partial charge in [-0.2, -0.15) is 5.10 Å². The minimum atomic E-state index is -4.17. The van der Waals surface area contributed by atoms with Crippen LogP contribution in [0.2, 0.25) is 10.0 Å². The van der Waals surface area contributed by atoms with Crippen molar-refractivity contribution >= 4 is 61.9 Å². The number of hydrogen-bond donors (Lipinski definition) is 2. The van der Waals surface area contributed by atoms with Crippen LogP contribution in [-0.2, 0) is 32.6 Å². The number of amides is 2. The molecule has 3 aromatic carbocycles. The van der Waals surface area contributed by atoms with Crippen LogP contribution in [0, 0.1) is 0 Å². The van der Waals surface area contributed by atoms with Crippen LogP contribution < -0.4 is 14.8 Å². The van der Waals surface area contributed by atoms with Crippen molar-refractivity contribution < 1.29 is 27.5 Å². The minimum Gasteiger partial charge on any atom is -0.496 e. The molecule has 250 valence electrons. The number of carbonyl (C=O) groups excluding carboxylic acids is 2. The maximum atomic E-state index is 13.4. The van der Waals surface area contributed by atoms with Gasteiger partial charge in [-0.25, -0.2) is 13.2 Å². The molecule has 4 aromatic rings. The molecular formula is C33H37Cl2N5O6S. The van der Waals surface area contributed by atoms with Crippen molar-refractivity contribution in [2.75, 3.05) is 18.4 Å². The van der Waals surface area contributed by atoms with Crippen LogP contribution in [0.15, 0.2) is 65.6 Å². The van der Waals surface area contributed by atoms with E-state index >= 15 is 0 Å². The van der Waals surface area contributed by atoms with E-state index in [1.165, 1.54) is 30.2 Å². The number of ether oxygens (including phenoxy) is 2. The molecule has 5 rings (SSSR count). The van der Waals surface area contributed by atoms with Gasteiger partial charge in [0.05, 0.1) is 34.6 Å². The van der Waals surface area contributed by atoms with Crippen molar-refractivity contribution in [2.24, 2.45) is 0 Å². The van der Waals surface area contributed by atoms with E-state index in [-0.39, 0.29) is 39.8 Å². The maximum Gasteiger partial charge on any atom is 0.411 e. The summed E-state index contributed by atoms with van der Waals surface area (Å²) in [6.07, 6.45) is 0.727. The van der Waals surface area contributed by atoms with Crippen LogP contribution in [0.3, 0.4) is 0 Å². The zero-order valence-electron chi connectivity index (χ0n) is 26.8. The summed E-state index contributed by atoms with van der Waals surface area (Å²) in [7, 11) is -2.67. The van der Waals surface area contributed by atoms with Gasteiger partial charge in [-0.3, -0.25) is 19.1 Å². The Bertz CT molecular complexity index is 1940. The van der Waals surface area contributed by atoms with Gasteiger partial charge in [-0.1, -0.05) is 59.6 Å². The highest BCUT2D eigenvalue weighted by molar-refractivity contribution is 7.92. The molecule has 1 aliphatic rings. The predicted octanol–water partition coefficient (Wildman–Crippen LogP) is 6.61. The molecule has 0 aliphatic carbocycles. The number of halogens is 2. The van der Waals surface area contributed by atoms with Gasteiger partial charge in [0.2, 0.25) is 5.91 Å². The Morgan fingerprint density at radius 3 is 2.47 bits per heavy atom. The second kappa shape index (κ2) is 13.2. The number of hydrogen-bond acceptors (Lipinski definition) is 7. The van der Waals surface area contributed by atoms with Crippen LogP contribution in [0.25, 0.3) is 10.9 Å². The molecular weight excluding hydrogens is 665 g/mol. The van der Waals surface area contributed by atoms with E-state index in [1.54, 1.807) is 44.5 Å². The Morgan fingerprint density at radius 2 is 1.74 bits per heavy atom. The van der Waals surface area contributed by atoms with E-state index in [4.69, 9.17) is 32.7 Å². The molecule has 1 saturated heterocycles. The minimum absolute atomic E-state index is 0.0660. The first-order valence-electron chi connectivity index (χ1n) is 15.0. The number of nitrogens with zero attached hydrogens (tertiary/aromatic N) is 3. The van der Waals surface area contributed by atoms with Gasteiger partial charge >= 0.3 is 6.09 Å². The molecule has 11 nitrogen and oxygen atoms in total. The summed E-state index contributed by atoms with van der Waals surface area (Å²) < 4.78 is 42.1. The summed E-state index contributed by atoms with van der Waals surface area (Å²) >= 11 is 12.3. The van der Waals surface area contributed by atoms with E-state index in [2.05, 4.69) is 15.1 Å². The van der Waals surface area contributed by atoms with Crippen molar-refractivity contribution in [3.63, 3.8) is 0 Å². The fourth-order valence-electron chi connectivity index (χ4n) is 5.63. The molecule has 0 bridgehead atoms. The average molecular weight is 703 g/mol. The quantitative estimate of drug-likeness (QED) is 0.201. The molecule has 1 atom stereocenters. The number of sulfonamides is 1. The molecule has 47 heavy (non-hydrogen) atoms. The van der Waals surface area contributed by atoms with E-state index in [9.17, 15) is 18.0 Å². The molecule has 1 unspecified atom stereocenters. The Hall–Kier alpha value is -4.00. The van der Waals surface area contributed by atoms with Crippen molar-refractivity contribution in [3.05, 3.63) is 81.8 Å². The summed E-state index contributed by atoms with van der Waals surface area (Å²) in [6.45, 7) is 8.12. The molecule has 0 saturated carbocycles. The Labute approximate surface area is 284 Å². The van der Waals surface area contributed by atoms with Crippen molar-refractivity contribution in [2.45, 2.75) is 69.7 Å². The standard InChI is InChI=1S/C33H37Cl2N5O6S/c1-32(2,3)46-31(42)39-17-9-16-33(39,4)30(41)36-19-21-10-6-11-22(18-21)20-40-24-13-8-14-25(45-5)27(24)29(37-40)38-47(43,44)26-15-7-12-23(34)28(26)35/h6-8,10-15,18H,9,16-17,19-20H2,1-5H3,(H,36,41)(H,37,38). The zero-order chi connectivity index (χ0) is 34.1. The summed E-state index contributed by atoms with van der Waals surface area (Å²) in [5, 5.41) is 8.10. The van der Waals surface area contributed by atoms with Crippen molar-refractivity contribution in [3.8, 4) is 5.75 Å². The lowest BCUT2D eigenvalue weighted by molar-refractivity contribution is -0.131. The summed E-state index contributed by atoms with van der Waals surface area (Å²) in [4.78, 5) is 27.6. The van der Waals surface area contributed by atoms with Gasteiger partial charge in [-0.05, 0) is 75.9 Å². The third kappa shape index (κ3) is 7.29. The molecule has 2 heterocycles. The Kier molecular flexibility index (Phi) is 9.68. The Balaban J connectivity index is 1.36. The number of fused-ring (bicyclic) bond motifs is 1. The molecule has 2 amide bonds. The maximum absolute atomic E-state index is 13.4. The van der Waals surface area contributed by atoms with Gasteiger partial charge in [0.25, 0.3) is 10.0 Å². The van der Waals surface area contributed by atoms with Crippen LogP contribution in [-0.4, -0.2) is 59.9 Å². The van der Waals surface area contributed by atoms with Crippen LogP contribution in [0.5, 0.6) is 5.75 Å². The molecule has 0 radical (unpaired) electrons. The Morgan fingerprint density at radius 1 is 1.04 bits per heavy atom.